The second kappa shape index (κ2) is 5.60. The number of hydrogen-bond donors (Lipinski definition) is 1. The lowest BCUT2D eigenvalue weighted by molar-refractivity contribution is -0.137. The number of rotatable bonds is 4. The van der Waals surface area contributed by atoms with E-state index >= 15 is 0 Å². The minimum absolute atomic E-state index is 0.142. The highest BCUT2D eigenvalue weighted by molar-refractivity contribution is 5.77. The summed E-state index contributed by atoms with van der Waals surface area (Å²) in [7, 11) is 2.00. The summed E-state index contributed by atoms with van der Waals surface area (Å²) in [6, 6.07) is 0.459. The highest BCUT2D eigenvalue weighted by Crippen LogP contribution is 2.43. The average Bonchev–Trinajstić information content (AvgIpc) is 2.33. The van der Waals surface area contributed by atoms with Crippen molar-refractivity contribution in [2.45, 2.75) is 64.3 Å². The third kappa shape index (κ3) is 2.71. The molecule has 3 nitrogen and oxygen atoms in total. The zero-order chi connectivity index (χ0) is 13.2. The predicted molar refractivity (Wildman–Crippen MR) is 74.1 cm³/mol. The number of carbonyl (C=O) groups excluding carboxylic acids is 1. The van der Waals surface area contributed by atoms with E-state index in [9.17, 15) is 4.79 Å². The number of amides is 1. The molecule has 0 radical (unpaired) electrons. The molecule has 2 saturated carbocycles. The first-order chi connectivity index (χ1) is 8.58. The number of carbonyl (C=O) groups is 1. The molecule has 0 heterocycles. The second-order valence-corrected chi connectivity index (χ2v) is 6.57. The highest BCUT2D eigenvalue weighted by Gasteiger charge is 2.39. The fraction of sp³-hybridized carbons (Fsp3) is 0.933. The lowest BCUT2D eigenvalue weighted by Crippen LogP contribution is -2.47. The van der Waals surface area contributed by atoms with Crippen molar-refractivity contribution in [2.75, 3.05) is 13.6 Å². The van der Waals surface area contributed by atoms with Crippen LogP contribution >= 0.6 is 0 Å². The average molecular weight is 252 g/mol. The Bertz CT molecular complexity index is 293. The first-order valence-electron chi connectivity index (χ1n) is 7.54. The van der Waals surface area contributed by atoms with E-state index < -0.39 is 0 Å². The van der Waals surface area contributed by atoms with E-state index in [0.29, 0.717) is 30.8 Å². The van der Waals surface area contributed by atoms with Gasteiger partial charge in [-0.25, -0.2) is 0 Å². The fourth-order valence-electron chi connectivity index (χ4n) is 3.63. The van der Waals surface area contributed by atoms with Crippen LogP contribution in [0.1, 0.15) is 58.3 Å². The molecule has 2 unspecified atom stereocenters. The Labute approximate surface area is 111 Å². The molecule has 1 amide bonds. The quantitative estimate of drug-likeness (QED) is 0.835. The van der Waals surface area contributed by atoms with Gasteiger partial charge >= 0.3 is 0 Å². The molecule has 2 aliphatic carbocycles. The zero-order valence-electron chi connectivity index (χ0n) is 12.0. The monoisotopic (exact) mass is 252 g/mol. The Morgan fingerprint density at radius 1 is 1.28 bits per heavy atom. The summed E-state index contributed by atoms with van der Waals surface area (Å²) in [5.41, 5.74) is 5.99. The molecular weight excluding hydrogens is 224 g/mol. The molecule has 2 N–H and O–H groups in total. The Morgan fingerprint density at radius 3 is 2.44 bits per heavy atom. The van der Waals surface area contributed by atoms with Crippen LogP contribution in [0.4, 0.5) is 0 Å². The van der Waals surface area contributed by atoms with Crippen molar-refractivity contribution >= 4 is 5.91 Å². The van der Waals surface area contributed by atoms with E-state index in [0.717, 1.165) is 12.8 Å². The molecule has 3 heteroatoms. The molecular formula is C15H28N2O. The summed E-state index contributed by atoms with van der Waals surface area (Å²) in [5.74, 6) is 0.974. The maximum Gasteiger partial charge on any atom is 0.223 e. The van der Waals surface area contributed by atoms with E-state index in [4.69, 9.17) is 5.73 Å². The van der Waals surface area contributed by atoms with Crippen molar-refractivity contribution in [1.82, 2.24) is 4.90 Å². The van der Waals surface area contributed by atoms with Crippen LogP contribution in [0.15, 0.2) is 0 Å². The maximum atomic E-state index is 12.4. The lowest BCUT2D eigenvalue weighted by Gasteiger charge is -2.43. The number of nitrogens with zero attached hydrogens (tertiary/aromatic N) is 1. The van der Waals surface area contributed by atoms with Gasteiger partial charge in [0.25, 0.3) is 0 Å². The topological polar surface area (TPSA) is 46.3 Å². The second-order valence-electron chi connectivity index (χ2n) is 6.57. The molecule has 2 atom stereocenters. The standard InChI is InChI=1S/C15H28N2O/c1-12-6-3-4-7-13(12)17(2)14(18)10-15(11-16)8-5-9-15/h12-13H,3-11,16H2,1-2H3. The van der Waals surface area contributed by atoms with Crippen LogP contribution < -0.4 is 5.73 Å². The maximum absolute atomic E-state index is 12.4. The molecule has 0 aromatic rings. The number of nitrogens with two attached hydrogens (primary N) is 1. The van der Waals surface area contributed by atoms with E-state index in [-0.39, 0.29) is 5.41 Å². The van der Waals surface area contributed by atoms with Crippen LogP contribution in [-0.4, -0.2) is 30.4 Å². The van der Waals surface area contributed by atoms with E-state index in [1.54, 1.807) is 0 Å². The van der Waals surface area contributed by atoms with Crippen molar-refractivity contribution in [3.05, 3.63) is 0 Å². The summed E-state index contributed by atoms with van der Waals surface area (Å²) in [4.78, 5) is 14.5. The molecule has 0 saturated heterocycles. The number of hydrogen-bond acceptors (Lipinski definition) is 2. The predicted octanol–water partition coefficient (Wildman–Crippen LogP) is 2.54. The van der Waals surface area contributed by atoms with Gasteiger partial charge < -0.3 is 10.6 Å². The normalized spacial score (nSPS) is 30.6. The largest absolute Gasteiger partial charge is 0.342 e. The van der Waals surface area contributed by atoms with Gasteiger partial charge in [-0.2, -0.15) is 0 Å². The molecule has 2 rings (SSSR count). The molecule has 2 aliphatic rings. The minimum atomic E-state index is 0.142. The lowest BCUT2D eigenvalue weighted by atomic mass is 9.66. The van der Waals surface area contributed by atoms with Crippen molar-refractivity contribution in [2.24, 2.45) is 17.1 Å². The van der Waals surface area contributed by atoms with Crippen molar-refractivity contribution in [3.63, 3.8) is 0 Å². The Kier molecular flexibility index (Phi) is 4.31. The fourth-order valence-corrected chi connectivity index (χ4v) is 3.63. The van der Waals surface area contributed by atoms with Crippen molar-refractivity contribution < 1.29 is 4.79 Å². The van der Waals surface area contributed by atoms with E-state index in [2.05, 4.69) is 6.92 Å². The summed E-state index contributed by atoms with van der Waals surface area (Å²) < 4.78 is 0. The smallest absolute Gasteiger partial charge is 0.223 e. The van der Waals surface area contributed by atoms with Crippen molar-refractivity contribution in [1.29, 1.82) is 0 Å². The summed E-state index contributed by atoms with van der Waals surface area (Å²) in [5, 5.41) is 0. The Morgan fingerprint density at radius 2 is 1.94 bits per heavy atom. The van der Waals surface area contributed by atoms with Crippen LogP contribution in [0, 0.1) is 11.3 Å². The van der Waals surface area contributed by atoms with Gasteiger partial charge in [0, 0.05) is 19.5 Å². The van der Waals surface area contributed by atoms with E-state index in [1.807, 2.05) is 11.9 Å². The van der Waals surface area contributed by atoms with Crippen LogP contribution in [0.2, 0.25) is 0 Å². The van der Waals surface area contributed by atoms with Gasteiger partial charge in [0.2, 0.25) is 5.91 Å². The molecule has 0 bridgehead atoms. The van der Waals surface area contributed by atoms with Gasteiger partial charge in [0.15, 0.2) is 0 Å². The summed E-state index contributed by atoms with van der Waals surface area (Å²) >= 11 is 0. The van der Waals surface area contributed by atoms with Gasteiger partial charge in [-0.1, -0.05) is 26.2 Å². The van der Waals surface area contributed by atoms with Crippen LogP contribution in [0.25, 0.3) is 0 Å². The minimum Gasteiger partial charge on any atom is -0.342 e. The molecule has 2 fully saturated rings. The van der Waals surface area contributed by atoms with Gasteiger partial charge in [-0.3, -0.25) is 4.79 Å². The van der Waals surface area contributed by atoms with Gasteiger partial charge in [-0.15, -0.1) is 0 Å². The Balaban J connectivity index is 1.91. The molecule has 0 aromatic carbocycles. The highest BCUT2D eigenvalue weighted by atomic mass is 16.2. The molecule has 18 heavy (non-hydrogen) atoms. The summed E-state index contributed by atoms with van der Waals surface area (Å²) in [6.45, 7) is 2.96. The first kappa shape index (κ1) is 13.9. The van der Waals surface area contributed by atoms with Crippen LogP contribution in [0.5, 0.6) is 0 Å². The SMILES string of the molecule is CC1CCCCC1N(C)C(=O)CC1(CN)CCC1. The zero-order valence-corrected chi connectivity index (χ0v) is 12.0. The van der Waals surface area contributed by atoms with Gasteiger partial charge in [-0.05, 0) is 43.6 Å². The first-order valence-corrected chi connectivity index (χ1v) is 7.54. The third-order valence-corrected chi connectivity index (χ3v) is 5.33. The molecule has 104 valence electrons. The van der Waals surface area contributed by atoms with E-state index in [1.165, 1.54) is 32.1 Å². The Hall–Kier alpha value is -0.570. The van der Waals surface area contributed by atoms with Crippen LogP contribution in [0.3, 0.4) is 0 Å². The van der Waals surface area contributed by atoms with Gasteiger partial charge in [0.05, 0.1) is 0 Å². The van der Waals surface area contributed by atoms with Crippen LogP contribution in [-0.2, 0) is 4.79 Å². The molecule has 0 aromatic heterocycles. The summed E-state index contributed by atoms with van der Waals surface area (Å²) in [6.07, 6.45) is 9.24. The molecule has 0 aliphatic heterocycles. The third-order valence-electron chi connectivity index (χ3n) is 5.33. The van der Waals surface area contributed by atoms with Crippen molar-refractivity contribution in [3.8, 4) is 0 Å². The molecule has 0 spiro atoms. The van der Waals surface area contributed by atoms with Gasteiger partial charge in [0.1, 0.15) is 0 Å².